The van der Waals surface area contributed by atoms with Crippen LogP contribution in [-0.2, 0) is 20.9 Å². The predicted octanol–water partition coefficient (Wildman–Crippen LogP) is 2.39. The minimum absolute atomic E-state index is 0.149. The largest absolute Gasteiger partial charge is 0.444 e. The van der Waals surface area contributed by atoms with Crippen molar-refractivity contribution in [2.75, 3.05) is 18.4 Å². The number of alkyl carbamates (subject to hydrolysis) is 1. The molecule has 0 radical (unpaired) electrons. The van der Waals surface area contributed by atoms with Crippen molar-refractivity contribution in [2.45, 2.75) is 70.7 Å². The lowest BCUT2D eigenvalue weighted by Gasteiger charge is -2.32. The first kappa shape index (κ1) is 22.1. The SMILES string of the molecule is CC(C)(C)OC(=O)NC1CCN(Cc2ccc(NC3CCC(=O)NC3=O)cc2)CC1. The van der Waals surface area contributed by atoms with Gasteiger partial charge in [-0.3, -0.25) is 19.8 Å². The maximum absolute atomic E-state index is 11.9. The van der Waals surface area contributed by atoms with Crippen molar-refractivity contribution in [2.24, 2.45) is 0 Å². The van der Waals surface area contributed by atoms with Crippen molar-refractivity contribution in [3.05, 3.63) is 29.8 Å². The van der Waals surface area contributed by atoms with Crippen LogP contribution in [0.4, 0.5) is 10.5 Å². The molecule has 1 aromatic rings. The molecule has 8 nitrogen and oxygen atoms in total. The number of nitrogens with zero attached hydrogens (tertiary/aromatic N) is 1. The summed E-state index contributed by atoms with van der Waals surface area (Å²) >= 11 is 0. The molecule has 1 atom stereocenters. The summed E-state index contributed by atoms with van der Waals surface area (Å²) in [5.74, 6) is -0.475. The normalized spacial score (nSPS) is 21.1. The van der Waals surface area contributed by atoms with Crippen molar-refractivity contribution >= 4 is 23.6 Å². The Hall–Kier alpha value is -2.61. The molecule has 1 aromatic carbocycles. The van der Waals surface area contributed by atoms with Crippen LogP contribution >= 0.6 is 0 Å². The first-order chi connectivity index (χ1) is 14.2. The second kappa shape index (κ2) is 9.47. The molecule has 0 spiro atoms. The molecule has 2 heterocycles. The number of hydrogen-bond acceptors (Lipinski definition) is 6. The highest BCUT2D eigenvalue weighted by molar-refractivity contribution is 6.01. The number of piperidine rings is 2. The minimum atomic E-state index is -0.482. The Morgan fingerprint density at radius 3 is 2.40 bits per heavy atom. The van der Waals surface area contributed by atoms with Crippen molar-refractivity contribution in [1.29, 1.82) is 0 Å². The van der Waals surface area contributed by atoms with Gasteiger partial charge in [0.25, 0.3) is 0 Å². The second-order valence-electron chi connectivity index (χ2n) is 9.04. The fourth-order valence-corrected chi connectivity index (χ4v) is 3.71. The molecule has 8 heteroatoms. The third-order valence-electron chi connectivity index (χ3n) is 5.25. The molecule has 2 fully saturated rings. The van der Waals surface area contributed by atoms with E-state index in [1.807, 2.05) is 32.9 Å². The fraction of sp³-hybridized carbons (Fsp3) is 0.591. The van der Waals surface area contributed by atoms with Crippen molar-refractivity contribution in [3.8, 4) is 0 Å². The predicted molar refractivity (Wildman–Crippen MR) is 114 cm³/mol. The topological polar surface area (TPSA) is 99.8 Å². The van der Waals surface area contributed by atoms with Gasteiger partial charge < -0.3 is 15.4 Å². The van der Waals surface area contributed by atoms with Crippen LogP contribution in [0.5, 0.6) is 0 Å². The molecule has 2 aliphatic rings. The van der Waals surface area contributed by atoms with Crippen LogP contribution in [0.15, 0.2) is 24.3 Å². The molecule has 3 rings (SSSR count). The Labute approximate surface area is 177 Å². The number of rotatable bonds is 5. The van der Waals surface area contributed by atoms with Gasteiger partial charge in [-0.25, -0.2) is 4.79 Å². The van der Waals surface area contributed by atoms with Gasteiger partial charge in [-0.15, -0.1) is 0 Å². The highest BCUT2D eigenvalue weighted by atomic mass is 16.6. The summed E-state index contributed by atoms with van der Waals surface area (Å²) in [4.78, 5) is 37.4. The van der Waals surface area contributed by atoms with Crippen LogP contribution < -0.4 is 16.0 Å². The fourth-order valence-electron chi connectivity index (χ4n) is 3.71. The number of carbonyl (C=O) groups excluding carboxylic acids is 3. The van der Waals surface area contributed by atoms with Crippen LogP contribution in [0.3, 0.4) is 0 Å². The summed E-state index contributed by atoms with van der Waals surface area (Å²) < 4.78 is 5.33. The van der Waals surface area contributed by atoms with E-state index >= 15 is 0 Å². The van der Waals surface area contributed by atoms with Crippen molar-refractivity contribution < 1.29 is 19.1 Å². The van der Waals surface area contributed by atoms with Crippen LogP contribution in [0.25, 0.3) is 0 Å². The van der Waals surface area contributed by atoms with E-state index in [9.17, 15) is 14.4 Å². The molecule has 0 saturated carbocycles. The third-order valence-corrected chi connectivity index (χ3v) is 5.25. The summed E-state index contributed by atoms with van der Waals surface area (Å²) in [6, 6.07) is 7.82. The molecule has 0 aliphatic carbocycles. The van der Waals surface area contributed by atoms with E-state index in [1.165, 1.54) is 5.56 Å². The number of carbonyl (C=O) groups is 3. The van der Waals surface area contributed by atoms with E-state index in [1.54, 1.807) is 0 Å². The molecule has 2 saturated heterocycles. The van der Waals surface area contributed by atoms with Crippen LogP contribution in [0.2, 0.25) is 0 Å². The number of ether oxygens (including phenoxy) is 1. The van der Waals surface area contributed by atoms with E-state index in [-0.39, 0.29) is 30.0 Å². The highest BCUT2D eigenvalue weighted by Gasteiger charge is 2.26. The molecule has 164 valence electrons. The van der Waals surface area contributed by atoms with Gasteiger partial charge in [0, 0.05) is 37.8 Å². The molecule has 3 N–H and O–H groups in total. The van der Waals surface area contributed by atoms with Gasteiger partial charge in [0.15, 0.2) is 0 Å². The maximum Gasteiger partial charge on any atom is 0.407 e. The molecule has 1 unspecified atom stereocenters. The number of nitrogens with one attached hydrogen (secondary N) is 3. The summed E-state index contributed by atoms with van der Waals surface area (Å²) in [6.07, 6.45) is 2.32. The van der Waals surface area contributed by atoms with E-state index in [0.29, 0.717) is 12.8 Å². The number of benzene rings is 1. The zero-order valence-electron chi connectivity index (χ0n) is 18.0. The van der Waals surface area contributed by atoms with Gasteiger partial charge in [-0.1, -0.05) is 12.1 Å². The Morgan fingerprint density at radius 1 is 1.13 bits per heavy atom. The number of anilines is 1. The van der Waals surface area contributed by atoms with Crippen LogP contribution in [-0.4, -0.2) is 53.6 Å². The Morgan fingerprint density at radius 2 is 1.80 bits per heavy atom. The second-order valence-corrected chi connectivity index (χ2v) is 9.04. The van der Waals surface area contributed by atoms with E-state index < -0.39 is 5.60 Å². The monoisotopic (exact) mass is 416 g/mol. The molecular weight excluding hydrogens is 384 g/mol. The van der Waals surface area contributed by atoms with E-state index in [2.05, 4.69) is 33.0 Å². The number of imide groups is 1. The zero-order chi connectivity index (χ0) is 21.7. The van der Waals surface area contributed by atoms with E-state index in [4.69, 9.17) is 4.74 Å². The maximum atomic E-state index is 11.9. The van der Waals surface area contributed by atoms with Crippen molar-refractivity contribution in [1.82, 2.24) is 15.5 Å². The van der Waals surface area contributed by atoms with Gasteiger partial charge >= 0.3 is 6.09 Å². The summed E-state index contributed by atoms with van der Waals surface area (Å²) in [5.41, 5.74) is 1.58. The lowest BCUT2D eigenvalue weighted by Crippen LogP contribution is -2.47. The molecule has 30 heavy (non-hydrogen) atoms. The van der Waals surface area contributed by atoms with Gasteiger partial charge in [0.2, 0.25) is 11.8 Å². The van der Waals surface area contributed by atoms with Gasteiger partial charge in [-0.2, -0.15) is 0 Å². The average Bonchev–Trinajstić information content (AvgIpc) is 2.65. The lowest BCUT2D eigenvalue weighted by molar-refractivity contribution is -0.133. The summed E-state index contributed by atoms with van der Waals surface area (Å²) in [6.45, 7) is 8.26. The van der Waals surface area contributed by atoms with Crippen molar-refractivity contribution in [3.63, 3.8) is 0 Å². The zero-order valence-corrected chi connectivity index (χ0v) is 18.0. The summed E-state index contributed by atoms with van der Waals surface area (Å²) in [7, 11) is 0. The van der Waals surface area contributed by atoms with Crippen LogP contribution in [0, 0.1) is 0 Å². The minimum Gasteiger partial charge on any atom is -0.444 e. The van der Waals surface area contributed by atoms with Crippen LogP contribution in [0.1, 0.15) is 52.0 Å². The van der Waals surface area contributed by atoms with Gasteiger partial charge in [0.1, 0.15) is 11.6 Å². The Bertz CT molecular complexity index is 764. The standard InChI is InChI=1S/C22H32N4O4/c1-22(2,3)30-21(29)24-17-10-12-26(13-11-17)14-15-4-6-16(7-5-15)23-18-8-9-19(27)25-20(18)28/h4-7,17-18,23H,8-14H2,1-3H3,(H,24,29)(H,25,27,28). The summed E-state index contributed by atoms with van der Waals surface area (Å²) in [5, 5.41) is 8.51. The lowest BCUT2D eigenvalue weighted by atomic mass is 10.0. The Kier molecular flexibility index (Phi) is 6.97. The molecular formula is C22H32N4O4. The van der Waals surface area contributed by atoms with Gasteiger partial charge in [-0.05, 0) is 57.7 Å². The quantitative estimate of drug-likeness (QED) is 0.638. The first-order valence-corrected chi connectivity index (χ1v) is 10.6. The van der Waals surface area contributed by atoms with E-state index in [0.717, 1.165) is 38.2 Å². The molecule has 3 amide bonds. The molecule has 0 bridgehead atoms. The highest BCUT2D eigenvalue weighted by Crippen LogP contribution is 2.18. The number of hydrogen-bond donors (Lipinski definition) is 3. The molecule has 2 aliphatic heterocycles. The molecule has 0 aromatic heterocycles. The van der Waals surface area contributed by atoms with Gasteiger partial charge in [0.05, 0.1) is 0 Å². The smallest absolute Gasteiger partial charge is 0.407 e. The first-order valence-electron chi connectivity index (χ1n) is 10.6. The third kappa shape index (κ3) is 6.73. The number of amides is 3. The number of likely N-dealkylation sites (tertiary alicyclic amines) is 1. The average molecular weight is 417 g/mol. The Balaban J connectivity index is 1.41.